The zero-order chi connectivity index (χ0) is 44.9. The summed E-state index contributed by atoms with van der Waals surface area (Å²) in [5.41, 5.74) is 16.2. The van der Waals surface area contributed by atoms with E-state index in [1.165, 1.54) is 76.5 Å². The maximum absolute atomic E-state index is 6.26. The molecule has 0 radical (unpaired) electrons. The van der Waals surface area contributed by atoms with Gasteiger partial charge in [-0.1, -0.05) is 168 Å². The molecule has 0 atom stereocenters. The van der Waals surface area contributed by atoms with Gasteiger partial charge in [0.25, 0.3) is 0 Å². The van der Waals surface area contributed by atoms with Crippen molar-refractivity contribution in [2.24, 2.45) is 0 Å². The first-order chi connectivity index (χ1) is 32.3. The molecule has 0 amide bonds. The molecular formula is C63H50N2O. The van der Waals surface area contributed by atoms with Crippen LogP contribution in [0.3, 0.4) is 0 Å². The Balaban J connectivity index is 1.19. The van der Waals surface area contributed by atoms with Crippen molar-refractivity contribution in [3.8, 4) is 28.0 Å². The molecule has 11 aromatic rings. The highest BCUT2D eigenvalue weighted by Crippen LogP contribution is 2.52. The molecule has 3 heteroatoms. The minimum atomic E-state index is 0.804. The van der Waals surface area contributed by atoms with Crippen LogP contribution >= 0.6 is 0 Å². The molecule has 0 aliphatic rings. The SMILES string of the molecule is COc1cc(-c2c3ccccc3c(N(c3ccc(C)cc3)c3ccc(C)cc3)c3ccccc23)cc(-c2c3ccccc3c(N(c3ccc(C)cc3)c3ccc(C)cc3)c3ccccc23)c1. The maximum atomic E-state index is 6.26. The number of nitrogens with zero attached hydrogens (tertiary/aromatic N) is 2. The van der Waals surface area contributed by atoms with Crippen molar-refractivity contribution in [1.29, 1.82) is 0 Å². The highest BCUT2D eigenvalue weighted by molar-refractivity contribution is 6.25. The molecule has 0 N–H and O–H groups in total. The van der Waals surface area contributed by atoms with Crippen LogP contribution in [0.4, 0.5) is 34.1 Å². The molecule has 0 saturated heterocycles. The number of anilines is 6. The van der Waals surface area contributed by atoms with Gasteiger partial charge in [-0.05, 0) is 138 Å². The van der Waals surface area contributed by atoms with Crippen LogP contribution in [-0.2, 0) is 0 Å². The molecule has 0 aliphatic heterocycles. The third kappa shape index (κ3) is 7.10. The van der Waals surface area contributed by atoms with Crippen molar-refractivity contribution in [3.63, 3.8) is 0 Å². The second-order valence-corrected chi connectivity index (χ2v) is 17.6. The van der Waals surface area contributed by atoms with Gasteiger partial charge in [-0.3, -0.25) is 0 Å². The molecule has 0 aromatic heterocycles. The number of benzene rings is 11. The van der Waals surface area contributed by atoms with Crippen LogP contribution in [0.25, 0.3) is 65.3 Å². The fourth-order valence-corrected chi connectivity index (χ4v) is 9.91. The molecule has 0 heterocycles. The van der Waals surface area contributed by atoms with Crippen LogP contribution in [0.1, 0.15) is 22.3 Å². The maximum Gasteiger partial charge on any atom is 0.120 e. The number of methoxy groups -OCH3 is 1. The Kier molecular flexibility index (Phi) is 10.3. The Labute approximate surface area is 387 Å². The van der Waals surface area contributed by atoms with Gasteiger partial charge >= 0.3 is 0 Å². The summed E-state index contributed by atoms with van der Waals surface area (Å²) < 4.78 is 6.26. The van der Waals surface area contributed by atoms with E-state index in [0.29, 0.717) is 0 Å². The normalized spacial score (nSPS) is 11.4. The molecule has 0 unspecified atom stereocenters. The van der Waals surface area contributed by atoms with Crippen molar-refractivity contribution in [3.05, 3.63) is 235 Å². The molecular weight excluding hydrogens is 801 g/mol. The average molecular weight is 851 g/mol. The van der Waals surface area contributed by atoms with E-state index in [4.69, 9.17) is 4.74 Å². The van der Waals surface area contributed by atoms with E-state index in [1.54, 1.807) is 7.11 Å². The molecule has 66 heavy (non-hydrogen) atoms. The predicted molar refractivity (Wildman–Crippen MR) is 282 cm³/mol. The molecule has 0 saturated carbocycles. The standard InChI is InChI=1S/C63H50N2O/c1-41-22-30-47(31-23-41)64(48-32-24-42(2)25-33-48)62-56-18-10-6-14-52(56)60(53-15-7-11-19-57(53)62)45-38-46(40-51(39-45)66-5)61-54-16-8-12-20-58(54)63(59-21-13-9-17-55(59)61)65(49-34-26-43(3)27-35-49)50-36-28-44(4)29-37-50/h6-40H,1-5H3. The monoisotopic (exact) mass is 850 g/mol. The van der Waals surface area contributed by atoms with Crippen molar-refractivity contribution >= 4 is 77.2 Å². The van der Waals surface area contributed by atoms with Gasteiger partial charge in [-0.25, -0.2) is 0 Å². The topological polar surface area (TPSA) is 15.7 Å². The Morgan fingerprint density at radius 2 is 0.530 bits per heavy atom. The van der Waals surface area contributed by atoms with Crippen LogP contribution in [-0.4, -0.2) is 7.11 Å². The molecule has 3 nitrogen and oxygen atoms in total. The summed E-state index contributed by atoms with van der Waals surface area (Å²) in [5.74, 6) is 0.804. The lowest BCUT2D eigenvalue weighted by molar-refractivity contribution is 0.415. The van der Waals surface area contributed by atoms with E-state index >= 15 is 0 Å². The lowest BCUT2D eigenvalue weighted by Crippen LogP contribution is -2.11. The first kappa shape index (κ1) is 40.6. The number of hydrogen-bond donors (Lipinski definition) is 0. The molecule has 0 fully saturated rings. The van der Waals surface area contributed by atoms with Gasteiger partial charge in [0, 0.05) is 44.3 Å². The van der Waals surface area contributed by atoms with Crippen molar-refractivity contribution in [2.75, 3.05) is 16.9 Å². The first-order valence-corrected chi connectivity index (χ1v) is 22.8. The van der Waals surface area contributed by atoms with E-state index in [0.717, 1.165) is 51.0 Å². The zero-order valence-corrected chi connectivity index (χ0v) is 38.0. The van der Waals surface area contributed by atoms with Gasteiger partial charge in [0.15, 0.2) is 0 Å². The number of aryl methyl sites for hydroxylation is 4. The van der Waals surface area contributed by atoms with Crippen LogP contribution in [0, 0.1) is 27.7 Å². The summed E-state index contributed by atoms with van der Waals surface area (Å²) in [4.78, 5) is 4.86. The lowest BCUT2D eigenvalue weighted by atomic mass is 9.86. The highest BCUT2D eigenvalue weighted by Gasteiger charge is 2.25. The molecule has 318 valence electrons. The lowest BCUT2D eigenvalue weighted by Gasteiger charge is -2.30. The minimum Gasteiger partial charge on any atom is -0.497 e. The summed E-state index contributed by atoms with van der Waals surface area (Å²) in [6, 6.07) is 78.0. The largest absolute Gasteiger partial charge is 0.497 e. The number of hydrogen-bond acceptors (Lipinski definition) is 3. The highest BCUT2D eigenvalue weighted by atomic mass is 16.5. The van der Waals surface area contributed by atoms with Crippen molar-refractivity contribution in [1.82, 2.24) is 0 Å². The molecule has 0 spiro atoms. The van der Waals surface area contributed by atoms with Gasteiger partial charge in [0.1, 0.15) is 5.75 Å². The van der Waals surface area contributed by atoms with Crippen LogP contribution in [0.15, 0.2) is 212 Å². The summed E-state index contributed by atoms with van der Waals surface area (Å²) in [5, 5.41) is 9.37. The average Bonchev–Trinajstić information content (AvgIpc) is 3.35. The molecule has 11 aromatic carbocycles. The molecule has 0 aliphatic carbocycles. The van der Waals surface area contributed by atoms with Crippen LogP contribution in [0.5, 0.6) is 5.75 Å². The Bertz CT molecular complexity index is 3150. The van der Waals surface area contributed by atoms with E-state index in [2.05, 4.69) is 250 Å². The van der Waals surface area contributed by atoms with E-state index < -0.39 is 0 Å². The number of ether oxygens (including phenoxy) is 1. The van der Waals surface area contributed by atoms with Crippen LogP contribution < -0.4 is 14.5 Å². The second kappa shape index (κ2) is 16.8. The zero-order valence-electron chi connectivity index (χ0n) is 38.0. The second-order valence-electron chi connectivity index (χ2n) is 17.6. The summed E-state index contributed by atoms with van der Waals surface area (Å²) >= 11 is 0. The summed E-state index contributed by atoms with van der Waals surface area (Å²) in [6.07, 6.45) is 0. The van der Waals surface area contributed by atoms with Gasteiger partial charge in [0.05, 0.1) is 18.5 Å². The quantitative estimate of drug-likeness (QED) is 0.135. The van der Waals surface area contributed by atoms with Crippen molar-refractivity contribution in [2.45, 2.75) is 27.7 Å². The molecule has 11 rings (SSSR count). The number of fused-ring (bicyclic) bond motifs is 4. The van der Waals surface area contributed by atoms with E-state index in [-0.39, 0.29) is 0 Å². The van der Waals surface area contributed by atoms with Gasteiger partial charge < -0.3 is 14.5 Å². The Morgan fingerprint density at radius 3 is 0.773 bits per heavy atom. The Morgan fingerprint density at radius 1 is 0.288 bits per heavy atom. The Hall–Kier alpha value is -8.14. The molecule has 0 bridgehead atoms. The van der Waals surface area contributed by atoms with E-state index in [1.807, 2.05) is 0 Å². The third-order valence-electron chi connectivity index (χ3n) is 13.1. The fourth-order valence-electron chi connectivity index (χ4n) is 9.91. The van der Waals surface area contributed by atoms with Gasteiger partial charge in [-0.15, -0.1) is 0 Å². The van der Waals surface area contributed by atoms with Crippen molar-refractivity contribution < 1.29 is 4.74 Å². The van der Waals surface area contributed by atoms with E-state index in [9.17, 15) is 0 Å². The fraction of sp³-hybridized carbons (Fsp3) is 0.0794. The number of rotatable bonds is 9. The first-order valence-electron chi connectivity index (χ1n) is 22.8. The summed E-state index contributed by atoms with van der Waals surface area (Å²) in [6.45, 7) is 8.59. The third-order valence-corrected chi connectivity index (χ3v) is 13.1. The summed E-state index contributed by atoms with van der Waals surface area (Å²) in [7, 11) is 1.78. The smallest absolute Gasteiger partial charge is 0.120 e. The minimum absolute atomic E-state index is 0.804. The van der Waals surface area contributed by atoms with Gasteiger partial charge in [-0.2, -0.15) is 0 Å². The van der Waals surface area contributed by atoms with Gasteiger partial charge in [0.2, 0.25) is 0 Å². The van der Waals surface area contributed by atoms with Crippen LogP contribution in [0.2, 0.25) is 0 Å². The predicted octanol–water partition coefficient (Wildman–Crippen LogP) is 17.8.